The van der Waals surface area contributed by atoms with E-state index in [0.29, 0.717) is 0 Å². The molecule has 0 aliphatic rings. The van der Waals surface area contributed by atoms with Crippen molar-refractivity contribution in [3.05, 3.63) is 376 Å². The maximum atomic E-state index is 6.72. The third-order valence-corrected chi connectivity index (χ3v) is 22.2. The molecule has 0 aliphatic carbocycles. The number of fused-ring (bicyclic) bond motifs is 14. The van der Waals surface area contributed by atoms with Gasteiger partial charge in [-0.1, -0.05) is 291 Å². The Balaban J connectivity index is 0.000000146. The summed E-state index contributed by atoms with van der Waals surface area (Å²) in [7, 11) is 14.8. The molecule has 0 fully saturated rings. The second kappa shape index (κ2) is 28.4. The zero-order valence-electron chi connectivity index (χ0n) is 58.4. The largest absolute Gasteiger partial charge is 0.339 e. The molecule has 3 heterocycles. The first-order valence-electron chi connectivity index (χ1n) is 35.9. The number of thiophene rings is 1. The molecule has 0 unspecified atom stereocenters. The van der Waals surface area contributed by atoms with Gasteiger partial charge < -0.3 is 14.6 Å². The summed E-state index contributed by atoms with van der Waals surface area (Å²) in [5.41, 5.74) is 22.8. The SMILES string of the molecule is [B]CP([B])([B])=N.c1cc(-c2cccc(-c3cccc4c3sc3ccccc34)c2)cc(-c2cnc3c4ccccc4c4ccccc4c3n2)c1.c1ccc(-n2c3ccccc3c3cc(-c4ccc(N(c5ccc(-c6cccc7ccccc67)cc5)c5ccc(-c6cccc7ccccc67)cc5)cc4)ccc32)cc1. The van der Waals surface area contributed by atoms with E-state index in [-0.39, 0.29) is 6.06 Å². The number of nitrogens with zero attached hydrogens (tertiary/aromatic N) is 4. The van der Waals surface area contributed by atoms with Crippen molar-refractivity contribution >= 4 is 154 Å². The summed E-state index contributed by atoms with van der Waals surface area (Å²) in [6.07, 6.45) is 1.92. The van der Waals surface area contributed by atoms with Crippen LogP contribution in [-0.4, -0.2) is 43.6 Å². The Kier molecular flexibility index (Phi) is 17.6. The van der Waals surface area contributed by atoms with E-state index >= 15 is 0 Å². The molecule has 0 aliphatic heterocycles. The van der Waals surface area contributed by atoms with Crippen LogP contribution in [0.15, 0.2) is 376 Å². The van der Waals surface area contributed by atoms with Crippen molar-refractivity contribution in [2.45, 2.75) is 0 Å². The summed E-state index contributed by atoms with van der Waals surface area (Å²) < 4.78 is 5.03. The number of anilines is 3. The van der Waals surface area contributed by atoms with Crippen molar-refractivity contribution in [1.29, 1.82) is 5.16 Å². The van der Waals surface area contributed by atoms with Gasteiger partial charge in [-0.2, -0.15) is 0 Å². The topological polar surface area (TPSA) is 57.8 Å². The summed E-state index contributed by atoms with van der Waals surface area (Å²) in [6.45, 7) is -2.37. The predicted molar refractivity (Wildman–Crippen MR) is 462 cm³/mol. The van der Waals surface area contributed by atoms with Crippen LogP contribution < -0.4 is 4.90 Å². The maximum Gasteiger partial charge on any atom is 0.119 e. The average Bonchev–Trinajstić information content (AvgIpc) is 1.36. The lowest BCUT2D eigenvalue weighted by atomic mass is 9.96. The van der Waals surface area contributed by atoms with Crippen LogP contribution in [-0.2, 0) is 0 Å². The lowest BCUT2D eigenvalue weighted by Crippen LogP contribution is -2.09. The second-order valence-corrected chi connectivity index (χ2v) is 30.3. The molecule has 498 valence electrons. The molecule has 5 nitrogen and oxygen atoms in total. The zero-order valence-corrected chi connectivity index (χ0v) is 60.1. The number of aromatic nitrogens is 3. The van der Waals surface area contributed by atoms with Crippen molar-refractivity contribution in [3.63, 3.8) is 0 Å². The van der Waals surface area contributed by atoms with Gasteiger partial charge in [0.05, 0.1) is 41.8 Å². The summed E-state index contributed by atoms with van der Waals surface area (Å²) in [5, 5.41) is 21.6. The van der Waals surface area contributed by atoms with Crippen LogP contribution in [0.5, 0.6) is 0 Å². The molecule has 20 aromatic rings. The minimum absolute atomic E-state index is 0.104. The van der Waals surface area contributed by atoms with Gasteiger partial charge in [0.25, 0.3) is 0 Å². The van der Waals surface area contributed by atoms with E-state index in [2.05, 4.69) is 380 Å². The standard InChI is InChI=1S/C56H38N2.C40H24N2S.CH3B3NP/c1-2-16-45(17-3-1)58-55-23-9-8-20-53(55)54-38-44(30-37-56(54)58)39-24-31-46(32-25-39)57(47-33-26-42(27-34-47)51-21-10-14-40-12-4-6-18-49(40)51)48-35-28-43(29-36-48)52-22-11-15-41-13-5-7-19-50(41)52;1-3-17-33-30(14-1)31-15-2-4-18-34(31)39-38(33)41-24-36(42-39)28-13-8-11-26(23-28)25-10-7-12-27(22-25)29-19-9-20-35-32-16-5-6-21-37(32)43-40(29)35;2-1-6(3,4)5/h1-38H;1-24H;5H,1H2. The molecule has 6 radical (unpaired) electrons. The molecular formula is C97H65B3N5PS. The highest BCUT2D eigenvalue weighted by Crippen LogP contribution is 2.44. The number of hydrogen-bond acceptors (Lipinski definition) is 5. The van der Waals surface area contributed by atoms with Crippen molar-refractivity contribution in [3.8, 4) is 72.6 Å². The van der Waals surface area contributed by atoms with Gasteiger partial charge in [0.15, 0.2) is 0 Å². The number of para-hydroxylation sites is 2. The summed E-state index contributed by atoms with van der Waals surface area (Å²) in [4.78, 5) is 12.6. The Labute approximate surface area is 629 Å². The van der Waals surface area contributed by atoms with Gasteiger partial charge in [-0.3, -0.25) is 4.98 Å². The van der Waals surface area contributed by atoms with E-state index in [9.17, 15) is 0 Å². The van der Waals surface area contributed by atoms with Crippen LogP contribution in [0.4, 0.5) is 17.1 Å². The number of hydrogen-bond donors (Lipinski definition) is 1. The molecule has 20 rings (SSSR count). The Morgan fingerprint density at radius 3 is 1.36 bits per heavy atom. The Morgan fingerprint density at radius 2 is 0.748 bits per heavy atom. The van der Waals surface area contributed by atoms with E-state index in [4.69, 9.17) is 38.1 Å². The third kappa shape index (κ3) is 12.8. The maximum absolute atomic E-state index is 6.72. The van der Waals surface area contributed by atoms with E-state index < -0.39 is 6.81 Å². The number of rotatable bonds is 11. The molecule has 10 heteroatoms. The van der Waals surface area contributed by atoms with Gasteiger partial charge >= 0.3 is 0 Å². The molecule has 0 spiro atoms. The second-order valence-electron chi connectivity index (χ2n) is 27.0. The Bertz CT molecular complexity index is 6640. The minimum atomic E-state index is -2.37. The molecule has 0 atom stereocenters. The van der Waals surface area contributed by atoms with Gasteiger partial charge in [-0.05, 0) is 173 Å². The first kappa shape index (κ1) is 66.3. The highest BCUT2D eigenvalue weighted by atomic mass is 32.1. The Hall–Kier alpha value is -12.6. The van der Waals surface area contributed by atoms with E-state index in [0.717, 1.165) is 55.7 Å². The fourth-order valence-corrected chi connectivity index (χ4v) is 16.5. The highest BCUT2D eigenvalue weighted by Gasteiger charge is 2.19. The van der Waals surface area contributed by atoms with E-state index in [1.54, 1.807) is 0 Å². The molecule has 0 saturated carbocycles. The average molecular weight is 1400 g/mol. The lowest BCUT2D eigenvalue weighted by Gasteiger charge is -2.26. The van der Waals surface area contributed by atoms with Crippen molar-refractivity contribution in [2.24, 2.45) is 0 Å². The molecular weight excluding hydrogens is 1330 g/mol. The zero-order chi connectivity index (χ0) is 72.0. The highest BCUT2D eigenvalue weighted by molar-refractivity contribution is 8.07. The number of nitrogens with one attached hydrogen (secondary N) is 1. The normalized spacial score (nSPS) is 11.6. The van der Waals surface area contributed by atoms with Crippen LogP contribution in [0.25, 0.3) is 169 Å². The van der Waals surface area contributed by atoms with Gasteiger partial charge in [0.2, 0.25) is 0 Å². The van der Waals surface area contributed by atoms with Crippen LogP contribution in [0, 0.1) is 5.16 Å². The van der Waals surface area contributed by atoms with Crippen LogP contribution in [0.3, 0.4) is 0 Å². The van der Waals surface area contributed by atoms with Crippen molar-refractivity contribution in [2.75, 3.05) is 11.0 Å². The van der Waals surface area contributed by atoms with Gasteiger partial charge in [0.1, 0.15) is 15.1 Å². The van der Waals surface area contributed by atoms with E-state index in [1.807, 2.05) is 17.5 Å². The van der Waals surface area contributed by atoms with Crippen LogP contribution in [0.1, 0.15) is 0 Å². The molecule has 1 N–H and O–H groups in total. The number of benzene rings is 17. The molecule has 0 bridgehead atoms. The van der Waals surface area contributed by atoms with Crippen LogP contribution in [0.2, 0.25) is 0 Å². The first-order chi connectivity index (χ1) is 52.6. The monoisotopic (exact) mass is 1400 g/mol. The summed E-state index contributed by atoms with van der Waals surface area (Å²) in [5.74, 6) is 0. The molecule has 107 heavy (non-hydrogen) atoms. The molecule has 3 aromatic heterocycles. The van der Waals surface area contributed by atoms with Gasteiger partial charge in [0, 0.05) is 70.0 Å². The summed E-state index contributed by atoms with van der Waals surface area (Å²) >= 11 is 1.87. The predicted octanol–water partition coefficient (Wildman–Crippen LogP) is 26.9. The summed E-state index contributed by atoms with van der Waals surface area (Å²) in [6, 6.07) is 134. The van der Waals surface area contributed by atoms with Gasteiger partial charge in [-0.15, -0.1) is 18.1 Å². The third-order valence-electron chi connectivity index (χ3n) is 20.4. The molecule has 0 amide bonds. The minimum Gasteiger partial charge on any atom is -0.339 e. The fourth-order valence-electron chi connectivity index (χ4n) is 15.3. The van der Waals surface area contributed by atoms with Crippen LogP contribution >= 0.6 is 18.1 Å². The Morgan fingerprint density at radius 1 is 0.327 bits per heavy atom. The van der Waals surface area contributed by atoms with Crippen molar-refractivity contribution < 1.29 is 0 Å². The molecule has 0 saturated heterocycles. The smallest absolute Gasteiger partial charge is 0.119 e. The molecule has 17 aromatic carbocycles. The quantitative estimate of drug-likeness (QED) is 0.0798. The van der Waals surface area contributed by atoms with Crippen molar-refractivity contribution in [1.82, 2.24) is 14.5 Å². The van der Waals surface area contributed by atoms with E-state index in [1.165, 1.54) is 130 Å². The fraction of sp³-hybridized carbons (Fsp3) is 0.0103. The van der Waals surface area contributed by atoms with Gasteiger partial charge in [-0.25, -0.2) is 4.98 Å². The first-order valence-corrected chi connectivity index (χ1v) is 38.8. The lowest BCUT2D eigenvalue weighted by molar-refractivity contribution is 1.18.